The lowest BCUT2D eigenvalue weighted by molar-refractivity contribution is -0.131. The highest BCUT2D eigenvalue weighted by atomic mass is 32.2. The van der Waals surface area contributed by atoms with E-state index in [0.29, 0.717) is 29.9 Å². The van der Waals surface area contributed by atoms with Crippen LogP contribution in [0.15, 0.2) is 71.8 Å². The van der Waals surface area contributed by atoms with Gasteiger partial charge in [-0.15, -0.1) is 0 Å². The maximum Gasteiger partial charge on any atom is 0.411 e. The highest BCUT2D eigenvalue weighted by Crippen LogP contribution is 2.37. The summed E-state index contributed by atoms with van der Waals surface area (Å²) in [5, 5.41) is 7.40. The summed E-state index contributed by atoms with van der Waals surface area (Å²) in [6, 6.07) is 17.2. The Morgan fingerprint density at radius 2 is 1.84 bits per heavy atom. The minimum absolute atomic E-state index is 0.0108. The molecule has 2 unspecified atom stereocenters. The molecule has 4 bridgehead atoms. The molecule has 1 aliphatic carbocycles. The molecule has 7 rings (SSSR count). The number of amides is 2. The molecule has 4 aromatic rings. The van der Waals surface area contributed by atoms with Crippen molar-refractivity contribution in [3.05, 3.63) is 89.1 Å². The lowest BCUT2D eigenvalue weighted by Crippen LogP contribution is -2.35. The molecule has 3 heterocycles. The van der Waals surface area contributed by atoms with Crippen LogP contribution in [0.4, 0.5) is 22.0 Å². The van der Waals surface area contributed by atoms with E-state index in [1.165, 1.54) is 11.0 Å². The van der Waals surface area contributed by atoms with Crippen molar-refractivity contribution >= 4 is 49.8 Å². The quantitative estimate of drug-likeness (QED) is 0.272. The Kier molecular flexibility index (Phi) is 7.66. The van der Waals surface area contributed by atoms with E-state index in [1.54, 1.807) is 25.4 Å². The Bertz CT molecular complexity index is 1890. The van der Waals surface area contributed by atoms with E-state index in [2.05, 4.69) is 15.6 Å². The van der Waals surface area contributed by atoms with Gasteiger partial charge in [-0.25, -0.2) is 18.2 Å². The molecule has 44 heavy (non-hydrogen) atoms. The van der Waals surface area contributed by atoms with E-state index < -0.39 is 27.2 Å². The molecule has 10 nitrogen and oxygen atoms in total. The molecule has 0 spiro atoms. The lowest BCUT2D eigenvalue weighted by Gasteiger charge is -2.28. The number of anilines is 3. The van der Waals surface area contributed by atoms with Gasteiger partial charge in [0.1, 0.15) is 11.9 Å². The first-order valence-electron chi connectivity index (χ1n) is 14.6. The van der Waals surface area contributed by atoms with Crippen molar-refractivity contribution in [1.82, 2.24) is 9.88 Å². The van der Waals surface area contributed by atoms with Gasteiger partial charge in [-0.1, -0.05) is 25.1 Å². The van der Waals surface area contributed by atoms with Crippen LogP contribution in [-0.4, -0.2) is 49.2 Å². The zero-order valence-electron chi connectivity index (χ0n) is 24.8. The van der Waals surface area contributed by atoms with E-state index in [9.17, 15) is 18.0 Å². The minimum atomic E-state index is -3.59. The average molecular weight is 614 g/mol. The summed E-state index contributed by atoms with van der Waals surface area (Å²) in [7, 11) is -1.94. The Hall–Kier alpha value is -4.64. The summed E-state index contributed by atoms with van der Waals surface area (Å²) >= 11 is 0. The molecular weight excluding hydrogens is 578 g/mol. The van der Waals surface area contributed by atoms with Gasteiger partial charge in [0.2, 0.25) is 5.91 Å². The van der Waals surface area contributed by atoms with Gasteiger partial charge in [0.15, 0.2) is 9.84 Å². The first-order valence-corrected chi connectivity index (χ1v) is 16.1. The number of rotatable bonds is 4. The molecule has 1 saturated carbocycles. The molecular formula is C33H35N5O5S. The number of sulfone groups is 1. The van der Waals surface area contributed by atoms with E-state index in [4.69, 9.17) is 10.5 Å². The number of carbonyl (C=O) groups is 2. The standard InChI is InChI=1S/C33H35N5O5S/c1-19-14-22-4-9-27(19)20(2)18-43-33(40)37-25-6-11-29(44(41,42)26-7-8-26)23(16-25)17-38(3)32(39)30(22)36-24-5-10-28-21(15-24)12-13-35-31(28)34/h4-6,9-16,20,26,30,36H,7-8,17-18H2,1-3H3,(H2,34,35)(H,37,40). The molecule has 0 radical (unpaired) electrons. The van der Waals surface area contributed by atoms with Crippen LogP contribution in [0.2, 0.25) is 0 Å². The second kappa shape index (κ2) is 11.5. The highest BCUT2D eigenvalue weighted by Gasteiger charge is 2.38. The first-order chi connectivity index (χ1) is 21.0. The largest absolute Gasteiger partial charge is 0.449 e. The molecule has 0 saturated heterocycles. The van der Waals surface area contributed by atoms with E-state index >= 15 is 0 Å². The lowest BCUT2D eigenvalue weighted by atomic mass is 9.93. The van der Waals surface area contributed by atoms with E-state index in [0.717, 1.165) is 33.2 Å². The van der Waals surface area contributed by atoms with Crippen molar-refractivity contribution in [2.24, 2.45) is 0 Å². The number of nitrogens with two attached hydrogens (primary N) is 1. The normalized spacial score (nSPS) is 19.5. The fourth-order valence-corrected chi connectivity index (χ4v) is 7.65. The monoisotopic (exact) mass is 613 g/mol. The van der Waals surface area contributed by atoms with Crippen molar-refractivity contribution in [3.8, 4) is 0 Å². The van der Waals surface area contributed by atoms with Crippen molar-refractivity contribution in [2.75, 3.05) is 30.0 Å². The van der Waals surface area contributed by atoms with Crippen molar-refractivity contribution in [3.63, 3.8) is 0 Å². The number of carbonyl (C=O) groups excluding carboxylic acids is 2. The number of hydrogen-bond acceptors (Lipinski definition) is 8. The summed E-state index contributed by atoms with van der Waals surface area (Å²) in [5.74, 6) is 0.0714. The van der Waals surface area contributed by atoms with Gasteiger partial charge in [-0.2, -0.15) is 0 Å². The van der Waals surface area contributed by atoms with Crippen LogP contribution in [-0.2, 0) is 25.9 Å². The fourth-order valence-electron chi connectivity index (χ4n) is 5.79. The smallest absolute Gasteiger partial charge is 0.411 e. The summed E-state index contributed by atoms with van der Waals surface area (Å²) in [4.78, 5) is 32.8. The number of pyridine rings is 1. The number of ether oxygens (including phenoxy) is 1. The number of fused-ring (bicyclic) bond motifs is 10. The van der Waals surface area contributed by atoms with Gasteiger partial charge in [-0.3, -0.25) is 10.1 Å². The Labute approximate surface area is 256 Å². The molecule has 3 aliphatic rings. The molecule has 2 amide bonds. The zero-order chi connectivity index (χ0) is 31.2. The SMILES string of the molecule is Cc1cc2ccc1C(C)COC(=O)Nc1ccc(S(=O)(=O)C3CC3)c(c1)CN(C)C(=O)C2Nc1ccc2c(N)nccc2c1. The van der Waals surface area contributed by atoms with Gasteiger partial charge in [0.05, 0.1) is 16.8 Å². The molecule has 3 aromatic carbocycles. The topological polar surface area (TPSA) is 144 Å². The van der Waals surface area contributed by atoms with Crippen LogP contribution < -0.4 is 16.4 Å². The van der Waals surface area contributed by atoms with Gasteiger partial charge in [0.25, 0.3) is 0 Å². The van der Waals surface area contributed by atoms with Gasteiger partial charge in [0, 0.05) is 42.5 Å². The van der Waals surface area contributed by atoms with E-state index in [-0.39, 0.29) is 29.9 Å². The molecule has 4 N–H and O–H groups in total. The molecule has 2 aliphatic heterocycles. The summed E-state index contributed by atoms with van der Waals surface area (Å²) < 4.78 is 32.3. The number of nitrogens with one attached hydrogen (secondary N) is 2. The summed E-state index contributed by atoms with van der Waals surface area (Å²) in [6.45, 7) is 4.09. The van der Waals surface area contributed by atoms with Crippen LogP contribution >= 0.6 is 0 Å². The second-order valence-corrected chi connectivity index (χ2v) is 13.9. The van der Waals surface area contributed by atoms with Crippen LogP contribution in [0.1, 0.15) is 54.0 Å². The number of nitrogens with zero attached hydrogens (tertiary/aromatic N) is 2. The maximum absolute atomic E-state index is 14.3. The predicted molar refractivity (Wildman–Crippen MR) is 170 cm³/mol. The number of aromatic nitrogens is 1. The zero-order valence-corrected chi connectivity index (χ0v) is 25.6. The third kappa shape index (κ3) is 5.79. The first kappa shape index (κ1) is 29.4. The van der Waals surface area contributed by atoms with Crippen LogP contribution in [0.5, 0.6) is 0 Å². The minimum Gasteiger partial charge on any atom is -0.449 e. The summed E-state index contributed by atoms with van der Waals surface area (Å²) in [5.41, 5.74) is 10.3. The van der Waals surface area contributed by atoms with Gasteiger partial charge >= 0.3 is 6.09 Å². The molecule has 1 fully saturated rings. The summed E-state index contributed by atoms with van der Waals surface area (Å²) in [6.07, 6.45) is 2.22. The number of likely N-dealkylation sites (N-methyl/N-ethyl adjacent to an activating group) is 1. The third-order valence-electron chi connectivity index (χ3n) is 8.34. The Morgan fingerprint density at radius 1 is 1.05 bits per heavy atom. The molecule has 228 valence electrons. The van der Waals surface area contributed by atoms with Crippen LogP contribution in [0, 0.1) is 6.92 Å². The Morgan fingerprint density at radius 3 is 2.59 bits per heavy atom. The Balaban J connectivity index is 1.43. The van der Waals surface area contributed by atoms with Crippen molar-refractivity contribution in [2.45, 2.75) is 55.3 Å². The van der Waals surface area contributed by atoms with Crippen molar-refractivity contribution in [1.29, 1.82) is 0 Å². The third-order valence-corrected chi connectivity index (χ3v) is 10.7. The predicted octanol–water partition coefficient (Wildman–Crippen LogP) is 5.54. The second-order valence-electron chi connectivity index (χ2n) is 11.7. The molecule has 1 aromatic heterocycles. The fraction of sp³-hybridized carbons (Fsp3) is 0.303. The van der Waals surface area contributed by atoms with Gasteiger partial charge in [-0.05, 0) is 89.9 Å². The maximum atomic E-state index is 14.3. The highest BCUT2D eigenvalue weighted by molar-refractivity contribution is 7.92. The average Bonchev–Trinajstić information content (AvgIpc) is 3.85. The van der Waals surface area contributed by atoms with Crippen molar-refractivity contribution < 1.29 is 22.7 Å². The number of nitrogen functional groups attached to an aromatic ring is 1. The van der Waals surface area contributed by atoms with Crippen LogP contribution in [0.25, 0.3) is 10.8 Å². The number of hydrogen-bond donors (Lipinski definition) is 3. The molecule has 11 heteroatoms. The van der Waals surface area contributed by atoms with Gasteiger partial charge < -0.3 is 20.7 Å². The number of benzene rings is 3. The van der Waals surface area contributed by atoms with Crippen LogP contribution in [0.3, 0.4) is 0 Å². The van der Waals surface area contributed by atoms with E-state index in [1.807, 2.05) is 56.3 Å². The molecule has 2 atom stereocenters. The number of aryl methyl sites for hydroxylation is 1.